The number of aryl methyl sites for hydroxylation is 1. The Hall–Kier alpha value is -3.04. The molecule has 2 atom stereocenters. The van der Waals surface area contributed by atoms with E-state index >= 15 is 0 Å². The fourth-order valence-corrected chi connectivity index (χ4v) is 7.69. The van der Waals surface area contributed by atoms with Crippen molar-refractivity contribution >= 4 is 32.5 Å². The molecular formula is C26H28N4O4S. The number of sulfone groups is 1. The molecule has 3 heterocycles. The van der Waals surface area contributed by atoms with Crippen molar-refractivity contribution < 1.29 is 17.9 Å². The van der Waals surface area contributed by atoms with E-state index in [0.717, 1.165) is 24.1 Å². The molecule has 3 aliphatic rings. The Balaban J connectivity index is 1.48. The number of nitrogens with two attached hydrogens (primary N) is 1. The summed E-state index contributed by atoms with van der Waals surface area (Å²) >= 11 is 0. The molecule has 6 rings (SSSR count). The van der Waals surface area contributed by atoms with E-state index in [4.69, 9.17) is 15.5 Å². The van der Waals surface area contributed by atoms with Crippen LogP contribution in [0.2, 0.25) is 0 Å². The second-order valence-corrected chi connectivity index (χ2v) is 12.0. The Bertz CT molecular complexity index is 1450. The number of anilines is 1. The van der Waals surface area contributed by atoms with E-state index in [2.05, 4.69) is 9.88 Å². The number of hydrogen-bond donors (Lipinski definition) is 1. The van der Waals surface area contributed by atoms with Crippen LogP contribution in [-0.4, -0.2) is 55.8 Å². The number of rotatable bonds is 6. The highest BCUT2D eigenvalue weighted by Crippen LogP contribution is 2.57. The first-order valence-electron chi connectivity index (χ1n) is 12.1. The Morgan fingerprint density at radius 2 is 1.94 bits per heavy atom. The first-order valence-corrected chi connectivity index (χ1v) is 13.6. The monoisotopic (exact) mass is 492 g/mol. The van der Waals surface area contributed by atoms with Gasteiger partial charge in [-0.15, -0.1) is 0 Å². The molecule has 3 aromatic rings. The minimum Gasteiger partial charge on any atom is -0.378 e. The lowest BCUT2D eigenvalue weighted by Crippen LogP contribution is -2.40. The summed E-state index contributed by atoms with van der Waals surface area (Å²) in [5.74, 6) is 0.431. The van der Waals surface area contributed by atoms with Crippen LogP contribution in [0.3, 0.4) is 0 Å². The highest BCUT2D eigenvalue weighted by atomic mass is 32.2. The third-order valence-corrected chi connectivity index (χ3v) is 9.86. The van der Waals surface area contributed by atoms with Crippen LogP contribution in [0.4, 0.5) is 5.82 Å². The van der Waals surface area contributed by atoms with Gasteiger partial charge in [0.25, 0.3) is 0 Å². The van der Waals surface area contributed by atoms with Gasteiger partial charge < -0.3 is 15.4 Å². The van der Waals surface area contributed by atoms with Gasteiger partial charge in [0.05, 0.1) is 34.3 Å². The van der Waals surface area contributed by atoms with Crippen molar-refractivity contribution in [2.45, 2.75) is 47.7 Å². The first-order chi connectivity index (χ1) is 16.8. The number of amides is 1. The highest BCUT2D eigenvalue weighted by Gasteiger charge is 2.68. The van der Waals surface area contributed by atoms with Gasteiger partial charge in [0.15, 0.2) is 9.84 Å². The topological polar surface area (TPSA) is 115 Å². The average molecular weight is 493 g/mol. The van der Waals surface area contributed by atoms with Crippen molar-refractivity contribution in [3.63, 3.8) is 0 Å². The maximum Gasteiger partial charge on any atom is 0.229 e. The fraction of sp³-hybridized carbons (Fsp3) is 0.423. The lowest BCUT2D eigenvalue weighted by atomic mass is 9.93. The Labute approximate surface area is 204 Å². The van der Waals surface area contributed by atoms with Crippen LogP contribution >= 0.6 is 0 Å². The smallest absolute Gasteiger partial charge is 0.229 e. The molecule has 8 nitrogen and oxygen atoms in total. The van der Waals surface area contributed by atoms with Gasteiger partial charge in [-0.05, 0) is 68.0 Å². The van der Waals surface area contributed by atoms with Crippen LogP contribution in [0.5, 0.6) is 0 Å². The first kappa shape index (κ1) is 22.4. The molecule has 0 spiro atoms. The third kappa shape index (κ3) is 3.60. The van der Waals surface area contributed by atoms with Gasteiger partial charge in [0.1, 0.15) is 5.82 Å². The van der Waals surface area contributed by atoms with E-state index in [1.807, 2.05) is 19.2 Å². The van der Waals surface area contributed by atoms with Gasteiger partial charge in [-0.2, -0.15) is 0 Å². The minimum atomic E-state index is -3.88. The molecule has 1 aliphatic heterocycles. The van der Waals surface area contributed by atoms with E-state index < -0.39 is 26.4 Å². The molecule has 1 saturated heterocycles. The Morgan fingerprint density at radius 1 is 1.17 bits per heavy atom. The number of carbonyl (C=O) groups excluding carboxylic acids is 1. The van der Waals surface area contributed by atoms with Crippen molar-refractivity contribution in [3.8, 4) is 0 Å². The summed E-state index contributed by atoms with van der Waals surface area (Å²) in [4.78, 5) is 24.6. The molecule has 2 saturated carbocycles. The Kier molecular flexibility index (Phi) is 5.12. The fourth-order valence-electron chi connectivity index (χ4n) is 5.38. The van der Waals surface area contributed by atoms with Crippen LogP contribution in [0.15, 0.2) is 47.5 Å². The number of ether oxygens (including phenoxy) is 1. The molecule has 3 fully saturated rings. The molecule has 2 unspecified atom stereocenters. The van der Waals surface area contributed by atoms with Crippen LogP contribution in [0.1, 0.15) is 42.0 Å². The Morgan fingerprint density at radius 3 is 2.66 bits per heavy atom. The molecule has 2 aliphatic carbocycles. The quantitative estimate of drug-likeness (QED) is 0.562. The maximum atomic E-state index is 14.0. The van der Waals surface area contributed by atoms with Crippen molar-refractivity contribution in [2.75, 3.05) is 31.2 Å². The zero-order valence-electron chi connectivity index (χ0n) is 19.6. The molecule has 0 radical (unpaired) electrons. The van der Waals surface area contributed by atoms with Crippen LogP contribution in [-0.2, 0) is 24.8 Å². The molecule has 1 amide bonds. The molecule has 9 heteroatoms. The van der Waals surface area contributed by atoms with E-state index in [1.165, 1.54) is 0 Å². The van der Waals surface area contributed by atoms with E-state index in [-0.39, 0.29) is 11.3 Å². The predicted molar refractivity (Wildman–Crippen MR) is 132 cm³/mol. The van der Waals surface area contributed by atoms with E-state index in [9.17, 15) is 13.2 Å². The summed E-state index contributed by atoms with van der Waals surface area (Å²) in [7, 11) is -3.88. The molecule has 182 valence electrons. The summed E-state index contributed by atoms with van der Waals surface area (Å²) in [5.41, 5.74) is 7.81. The lowest BCUT2D eigenvalue weighted by molar-refractivity contribution is -0.120. The number of morpholine rings is 1. The summed E-state index contributed by atoms with van der Waals surface area (Å²) in [6, 6.07) is 10.7. The summed E-state index contributed by atoms with van der Waals surface area (Å²) in [6.07, 6.45) is 4.16. The summed E-state index contributed by atoms with van der Waals surface area (Å²) in [5, 5.41) is -0.392. The van der Waals surface area contributed by atoms with Gasteiger partial charge in [0, 0.05) is 35.9 Å². The van der Waals surface area contributed by atoms with Crippen LogP contribution < -0.4 is 10.6 Å². The van der Waals surface area contributed by atoms with E-state index in [0.29, 0.717) is 54.5 Å². The zero-order valence-corrected chi connectivity index (χ0v) is 20.4. The molecule has 2 aromatic heterocycles. The van der Waals surface area contributed by atoms with Gasteiger partial charge in [-0.3, -0.25) is 9.78 Å². The van der Waals surface area contributed by atoms with Crippen LogP contribution in [0, 0.1) is 6.92 Å². The van der Waals surface area contributed by atoms with Crippen LogP contribution in [0.25, 0.3) is 10.9 Å². The average Bonchev–Trinajstić information content (AvgIpc) is 3.77. The number of benzene rings is 1. The molecule has 35 heavy (non-hydrogen) atoms. The second-order valence-electron chi connectivity index (χ2n) is 9.86. The summed E-state index contributed by atoms with van der Waals surface area (Å²) < 4.78 is 33.5. The number of nitrogens with zero attached hydrogens (tertiary/aromatic N) is 3. The number of hydrogen-bond acceptors (Lipinski definition) is 7. The van der Waals surface area contributed by atoms with Crippen molar-refractivity contribution in [2.24, 2.45) is 5.73 Å². The predicted octanol–water partition coefficient (Wildman–Crippen LogP) is 2.62. The SMILES string of the molecule is Cc1ccc2c(S(=O)(=O)C3CC3(C(N)=O)c3cc(C4CC4)cnc3N3CCOCC3)cccc2n1. The molecule has 1 aromatic carbocycles. The minimum absolute atomic E-state index is 0.146. The normalized spacial score (nSPS) is 24.5. The number of carbonyl (C=O) groups is 1. The van der Waals surface area contributed by atoms with Gasteiger partial charge >= 0.3 is 0 Å². The number of aromatic nitrogens is 2. The number of primary amides is 1. The molecule has 0 bridgehead atoms. The van der Waals surface area contributed by atoms with Gasteiger partial charge in [0.2, 0.25) is 5.91 Å². The largest absolute Gasteiger partial charge is 0.378 e. The number of pyridine rings is 2. The number of fused-ring (bicyclic) bond motifs is 1. The zero-order chi connectivity index (χ0) is 24.4. The highest BCUT2D eigenvalue weighted by molar-refractivity contribution is 7.92. The molecule has 2 N–H and O–H groups in total. The maximum absolute atomic E-state index is 14.0. The molecular weight excluding hydrogens is 464 g/mol. The van der Waals surface area contributed by atoms with Gasteiger partial charge in [-0.1, -0.05) is 6.07 Å². The lowest BCUT2D eigenvalue weighted by Gasteiger charge is -2.31. The van der Waals surface area contributed by atoms with Crippen molar-refractivity contribution in [3.05, 3.63) is 59.4 Å². The van der Waals surface area contributed by atoms with Gasteiger partial charge in [-0.25, -0.2) is 13.4 Å². The van der Waals surface area contributed by atoms with Crippen molar-refractivity contribution in [1.29, 1.82) is 0 Å². The van der Waals surface area contributed by atoms with Crippen molar-refractivity contribution in [1.82, 2.24) is 9.97 Å². The standard InChI is InChI=1S/C26H28N4O4S/c1-16-5-8-19-21(29-16)3-2-4-22(19)35(32,33)23-14-26(23,25(27)31)20-13-18(17-6-7-17)15-28-24(20)30-9-11-34-12-10-30/h2-5,8,13,15,17,23H,6-7,9-12,14H2,1H3,(H2,27,31). The third-order valence-electron chi connectivity index (χ3n) is 7.58. The summed E-state index contributed by atoms with van der Waals surface area (Å²) in [6.45, 7) is 4.23. The van der Waals surface area contributed by atoms with E-state index in [1.54, 1.807) is 30.3 Å². The second kappa shape index (κ2) is 7.99.